The van der Waals surface area contributed by atoms with Crippen LogP contribution in [0.1, 0.15) is 35.2 Å². The van der Waals surface area contributed by atoms with Crippen molar-refractivity contribution in [2.75, 3.05) is 38.0 Å². The van der Waals surface area contributed by atoms with Gasteiger partial charge in [0.25, 0.3) is 0 Å². The largest absolute Gasteiger partial charge is 0.465 e. The Kier molecular flexibility index (Phi) is 6.76. The Morgan fingerprint density at radius 3 is 2.38 bits per heavy atom. The number of benzene rings is 1. The SMILES string of the molecule is COC(=O)c1cnc(N2CCC(C3CC3COCc3ccc(S(C)(=O)=O)cc3)CC2)nc1. The average Bonchev–Trinajstić information content (AvgIpc) is 3.58. The lowest BCUT2D eigenvalue weighted by molar-refractivity contribution is 0.0599. The minimum absolute atomic E-state index is 0.333. The quantitative estimate of drug-likeness (QED) is 0.556. The van der Waals surface area contributed by atoms with E-state index in [0.29, 0.717) is 40.8 Å². The van der Waals surface area contributed by atoms with E-state index >= 15 is 0 Å². The van der Waals surface area contributed by atoms with Crippen molar-refractivity contribution in [1.29, 1.82) is 0 Å². The number of carbonyl (C=O) groups excluding carboxylic acids is 1. The number of anilines is 1. The van der Waals surface area contributed by atoms with Gasteiger partial charge in [-0.3, -0.25) is 0 Å². The molecule has 0 bridgehead atoms. The summed E-state index contributed by atoms with van der Waals surface area (Å²) in [6.07, 6.45) is 7.67. The number of carbonyl (C=O) groups is 1. The molecule has 0 amide bonds. The zero-order valence-corrected chi connectivity index (χ0v) is 19.3. The number of esters is 1. The summed E-state index contributed by atoms with van der Waals surface area (Å²) in [6, 6.07) is 6.90. The van der Waals surface area contributed by atoms with Crippen LogP contribution in [0, 0.1) is 17.8 Å². The molecule has 0 N–H and O–H groups in total. The maximum Gasteiger partial charge on any atom is 0.341 e. The second-order valence-electron chi connectivity index (χ2n) is 8.68. The van der Waals surface area contributed by atoms with Gasteiger partial charge >= 0.3 is 5.97 Å². The first-order valence-electron chi connectivity index (χ1n) is 10.9. The standard InChI is InChI=1S/C23H29N3O5S/c1-30-22(27)19-12-24-23(25-13-19)26-9-7-17(8-10-26)21-11-18(21)15-31-14-16-3-5-20(6-4-16)32(2,28)29/h3-6,12-13,17-18,21H,7-11,14-15H2,1-2H3. The molecule has 32 heavy (non-hydrogen) atoms. The van der Waals surface area contributed by atoms with Crippen LogP contribution in [0.4, 0.5) is 5.95 Å². The Labute approximate surface area is 188 Å². The number of hydrogen-bond donors (Lipinski definition) is 0. The number of aromatic nitrogens is 2. The first-order chi connectivity index (χ1) is 15.3. The second kappa shape index (κ2) is 9.54. The summed E-state index contributed by atoms with van der Waals surface area (Å²) in [4.78, 5) is 22.7. The zero-order chi connectivity index (χ0) is 22.7. The maximum absolute atomic E-state index is 11.5. The van der Waals surface area contributed by atoms with Gasteiger partial charge in [0.05, 0.1) is 30.8 Å². The van der Waals surface area contributed by atoms with Crippen LogP contribution in [-0.2, 0) is 25.9 Å². The lowest BCUT2D eigenvalue weighted by Gasteiger charge is -2.32. The summed E-state index contributed by atoms with van der Waals surface area (Å²) in [5, 5.41) is 0. The van der Waals surface area contributed by atoms with Crippen LogP contribution in [0.3, 0.4) is 0 Å². The van der Waals surface area contributed by atoms with E-state index in [1.807, 2.05) is 12.1 Å². The van der Waals surface area contributed by atoms with Crippen LogP contribution in [-0.4, -0.2) is 57.4 Å². The van der Waals surface area contributed by atoms with Gasteiger partial charge in [-0.25, -0.2) is 23.2 Å². The Morgan fingerprint density at radius 1 is 1.12 bits per heavy atom. The Bertz CT molecular complexity index is 1030. The molecule has 1 aromatic carbocycles. The van der Waals surface area contributed by atoms with Gasteiger partial charge < -0.3 is 14.4 Å². The van der Waals surface area contributed by atoms with E-state index in [0.717, 1.165) is 38.1 Å². The van der Waals surface area contributed by atoms with Crippen molar-refractivity contribution >= 4 is 21.8 Å². The normalized spacial score (nSPS) is 21.4. The van der Waals surface area contributed by atoms with Crippen molar-refractivity contribution in [2.24, 2.45) is 17.8 Å². The molecule has 2 atom stereocenters. The summed E-state index contributed by atoms with van der Waals surface area (Å²) < 4.78 is 33.7. The van der Waals surface area contributed by atoms with Crippen LogP contribution in [0.5, 0.6) is 0 Å². The molecule has 1 saturated carbocycles. The van der Waals surface area contributed by atoms with Gasteiger partial charge in [-0.1, -0.05) is 12.1 Å². The highest BCUT2D eigenvalue weighted by Crippen LogP contribution is 2.48. The minimum atomic E-state index is -3.16. The number of sulfone groups is 1. The van der Waals surface area contributed by atoms with Crippen molar-refractivity contribution in [3.63, 3.8) is 0 Å². The average molecular weight is 460 g/mol. The Morgan fingerprint density at radius 2 is 1.78 bits per heavy atom. The summed E-state index contributed by atoms with van der Waals surface area (Å²) in [6.45, 7) is 3.08. The van der Waals surface area contributed by atoms with Gasteiger partial charge in [-0.15, -0.1) is 0 Å². The third-order valence-corrected chi connectivity index (χ3v) is 7.55. The highest BCUT2D eigenvalue weighted by molar-refractivity contribution is 7.90. The summed E-state index contributed by atoms with van der Waals surface area (Å²) >= 11 is 0. The monoisotopic (exact) mass is 459 g/mol. The number of methoxy groups -OCH3 is 1. The van der Waals surface area contributed by atoms with E-state index in [1.165, 1.54) is 32.2 Å². The molecule has 4 rings (SSSR count). The molecule has 1 saturated heterocycles. The molecule has 172 valence electrons. The molecule has 8 nitrogen and oxygen atoms in total. The molecule has 2 aromatic rings. The first-order valence-corrected chi connectivity index (χ1v) is 12.8. The van der Waals surface area contributed by atoms with Crippen LogP contribution >= 0.6 is 0 Å². The molecule has 2 heterocycles. The summed E-state index contributed by atoms with van der Waals surface area (Å²) in [7, 11) is -1.82. The van der Waals surface area contributed by atoms with Crippen molar-refractivity contribution in [3.05, 3.63) is 47.8 Å². The van der Waals surface area contributed by atoms with Crippen LogP contribution in [0.2, 0.25) is 0 Å². The zero-order valence-electron chi connectivity index (χ0n) is 18.4. The van der Waals surface area contributed by atoms with E-state index in [4.69, 9.17) is 4.74 Å². The van der Waals surface area contributed by atoms with E-state index in [-0.39, 0.29) is 0 Å². The second-order valence-corrected chi connectivity index (χ2v) is 10.7. The molecular weight excluding hydrogens is 430 g/mol. The van der Waals surface area contributed by atoms with E-state index in [9.17, 15) is 13.2 Å². The van der Waals surface area contributed by atoms with Crippen LogP contribution in [0.15, 0.2) is 41.6 Å². The molecule has 2 aliphatic rings. The topological polar surface area (TPSA) is 98.7 Å². The lowest BCUT2D eigenvalue weighted by atomic mass is 9.91. The van der Waals surface area contributed by atoms with Gasteiger partial charge in [0.15, 0.2) is 9.84 Å². The molecule has 1 aromatic heterocycles. The van der Waals surface area contributed by atoms with Crippen molar-refractivity contribution in [2.45, 2.75) is 30.8 Å². The number of nitrogens with zero attached hydrogens (tertiary/aromatic N) is 3. The van der Waals surface area contributed by atoms with Crippen molar-refractivity contribution in [1.82, 2.24) is 9.97 Å². The number of piperidine rings is 1. The summed E-state index contributed by atoms with van der Waals surface area (Å²) in [5.41, 5.74) is 1.35. The van der Waals surface area contributed by atoms with Gasteiger partial charge in [0.2, 0.25) is 5.95 Å². The third-order valence-electron chi connectivity index (χ3n) is 6.42. The first kappa shape index (κ1) is 22.7. The summed E-state index contributed by atoms with van der Waals surface area (Å²) in [5.74, 6) is 2.25. The number of rotatable bonds is 8. The van der Waals surface area contributed by atoms with E-state index in [1.54, 1.807) is 12.1 Å². The van der Waals surface area contributed by atoms with Crippen molar-refractivity contribution < 1.29 is 22.7 Å². The fraction of sp³-hybridized carbons (Fsp3) is 0.522. The molecule has 0 radical (unpaired) electrons. The van der Waals surface area contributed by atoms with Gasteiger partial charge in [-0.2, -0.15) is 0 Å². The number of ether oxygens (including phenoxy) is 2. The van der Waals surface area contributed by atoms with Crippen LogP contribution in [0.25, 0.3) is 0 Å². The molecule has 9 heteroatoms. The molecule has 1 aliphatic carbocycles. The minimum Gasteiger partial charge on any atom is -0.465 e. The van der Waals surface area contributed by atoms with Gasteiger partial charge in [-0.05, 0) is 54.7 Å². The fourth-order valence-electron chi connectivity index (χ4n) is 4.44. The third kappa shape index (κ3) is 5.45. The lowest BCUT2D eigenvalue weighted by Crippen LogP contribution is -2.35. The van der Waals surface area contributed by atoms with Gasteiger partial charge in [0.1, 0.15) is 0 Å². The smallest absolute Gasteiger partial charge is 0.341 e. The highest BCUT2D eigenvalue weighted by Gasteiger charge is 2.43. The highest BCUT2D eigenvalue weighted by atomic mass is 32.2. The van der Waals surface area contributed by atoms with E-state index in [2.05, 4.69) is 19.6 Å². The molecule has 0 spiro atoms. The fourth-order valence-corrected chi connectivity index (χ4v) is 5.07. The molecule has 2 fully saturated rings. The predicted octanol–water partition coefficient (Wildman–Crippen LogP) is 2.74. The van der Waals surface area contributed by atoms with E-state index < -0.39 is 15.8 Å². The Hall–Kier alpha value is -2.52. The Balaban J connectivity index is 1.18. The molecule has 2 unspecified atom stereocenters. The molecule has 1 aliphatic heterocycles. The molecular formula is C23H29N3O5S. The van der Waals surface area contributed by atoms with Gasteiger partial charge in [0, 0.05) is 31.7 Å². The number of hydrogen-bond acceptors (Lipinski definition) is 8. The van der Waals surface area contributed by atoms with Crippen LogP contribution < -0.4 is 4.90 Å². The predicted molar refractivity (Wildman–Crippen MR) is 119 cm³/mol. The maximum atomic E-state index is 11.5. The van der Waals surface area contributed by atoms with Crippen molar-refractivity contribution in [3.8, 4) is 0 Å².